The summed E-state index contributed by atoms with van der Waals surface area (Å²) in [6, 6.07) is 5.16. The number of carbonyl (C=O) groups excluding carboxylic acids is 4. The van der Waals surface area contributed by atoms with Crippen LogP contribution in [0.3, 0.4) is 0 Å². The van der Waals surface area contributed by atoms with Crippen LogP contribution in [-0.4, -0.2) is 41.1 Å². The van der Waals surface area contributed by atoms with E-state index in [1.807, 2.05) is 0 Å². The predicted octanol–water partition coefficient (Wildman–Crippen LogP) is 6.11. The molecule has 11 heteroatoms. The van der Waals surface area contributed by atoms with Gasteiger partial charge in [-0.2, -0.15) is 0 Å². The second-order valence-electron chi connectivity index (χ2n) is 7.21. The molecule has 0 saturated carbocycles. The van der Waals surface area contributed by atoms with Crippen molar-refractivity contribution in [2.45, 2.75) is 19.9 Å². The number of nitrogens with zero attached hydrogens (tertiary/aromatic N) is 1. The van der Waals surface area contributed by atoms with E-state index in [2.05, 4.69) is 15.9 Å². The molecule has 1 atom stereocenters. The van der Waals surface area contributed by atoms with Crippen LogP contribution in [0.2, 0.25) is 20.1 Å². The van der Waals surface area contributed by atoms with Crippen LogP contribution in [0.25, 0.3) is 0 Å². The van der Waals surface area contributed by atoms with Gasteiger partial charge in [-0.15, -0.1) is 0 Å². The average molecular weight is 582 g/mol. The number of hydrogen-bond acceptors (Lipinski definition) is 5. The molecule has 0 bridgehead atoms. The van der Waals surface area contributed by atoms with Gasteiger partial charge in [0.05, 0.1) is 31.2 Å². The Morgan fingerprint density at radius 1 is 0.906 bits per heavy atom. The van der Waals surface area contributed by atoms with Gasteiger partial charge in [-0.25, -0.2) is 4.79 Å². The summed E-state index contributed by atoms with van der Waals surface area (Å²) < 4.78 is 5.95. The zero-order chi connectivity index (χ0) is 23.9. The van der Waals surface area contributed by atoms with Gasteiger partial charge in [-0.05, 0) is 18.1 Å². The van der Waals surface area contributed by atoms with Gasteiger partial charge in [0.15, 0.2) is 12.4 Å². The van der Waals surface area contributed by atoms with Crippen LogP contribution in [-0.2, 0) is 9.53 Å². The van der Waals surface area contributed by atoms with Crippen LogP contribution in [0.15, 0.2) is 28.7 Å². The SMILES string of the molecule is CC(C)[C@H](C(=O)OCC(=O)c1ccc(Br)cc1)N1C(=O)c2c(Cl)c(Cl)c(Cl)c(Cl)c2C1=O. The number of imide groups is 1. The van der Waals surface area contributed by atoms with Crippen molar-refractivity contribution in [1.82, 2.24) is 4.90 Å². The largest absolute Gasteiger partial charge is 0.456 e. The molecule has 0 aliphatic carbocycles. The Bertz CT molecular complexity index is 1100. The van der Waals surface area contributed by atoms with E-state index in [1.165, 1.54) is 0 Å². The van der Waals surface area contributed by atoms with Crippen molar-refractivity contribution >= 4 is 85.9 Å². The molecule has 0 aromatic heterocycles. The molecule has 2 aromatic rings. The third-order valence-electron chi connectivity index (χ3n) is 4.80. The Kier molecular flexibility index (Phi) is 7.57. The number of carbonyl (C=O) groups is 4. The van der Waals surface area contributed by atoms with E-state index in [0.29, 0.717) is 10.5 Å². The molecule has 2 amide bonds. The first-order chi connectivity index (χ1) is 15.0. The zero-order valence-corrected chi connectivity index (χ0v) is 21.2. The summed E-state index contributed by atoms with van der Waals surface area (Å²) >= 11 is 27.6. The Morgan fingerprint density at radius 3 is 1.81 bits per heavy atom. The van der Waals surface area contributed by atoms with E-state index in [4.69, 9.17) is 51.1 Å². The first-order valence-corrected chi connectivity index (χ1v) is 11.5. The van der Waals surface area contributed by atoms with Gasteiger partial charge in [0.2, 0.25) is 0 Å². The second-order valence-corrected chi connectivity index (χ2v) is 9.64. The number of benzene rings is 2. The minimum Gasteiger partial charge on any atom is -0.456 e. The molecule has 1 heterocycles. The van der Waals surface area contributed by atoms with Crippen LogP contribution in [0.5, 0.6) is 0 Å². The standard InChI is InChI=1S/C21H14BrCl4NO5/c1-8(2)18(21(31)32-7-11(28)9-3-5-10(22)6-4-9)27-19(29)12-13(20(27)30)15(24)17(26)16(25)14(12)23/h3-6,8,18H,7H2,1-2H3/t18-/m1/s1. The minimum absolute atomic E-state index is 0.177. The Balaban J connectivity index is 1.87. The van der Waals surface area contributed by atoms with Crippen molar-refractivity contribution in [3.63, 3.8) is 0 Å². The monoisotopic (exact) mass is 579 g/mol. The van der Waals surface area contributed by atoms with Crippen LogP contribution in [0.1, 0.15) is 44.9 Å². The van der Waals surface area contributed by atoms with Gasteiger partial charge < -0.3 is 4.74 Å². The first-order valence-electron chi connectivity index (χ1n) is 9.16. The van der Waals surface area contributed by atoms with Gasteiger partial charge in [0.1, 0.15) is 6.04 Å². The van der Waals surface area contributed by atoms with Crippen molar-refractivity contribution in [2.75, 3.05) is 6.61 Å². The van der Waals surface area contributed by atoms with Gasteiger partial charge in [-0.3, -0.25) is 19.3 Å². The summed E-state index contributed by atoms with van der Waals surface area (Å²) in [7, 11) is 0. The molecule has 2 aromatic carbocycles. The van der Waals surface area contributed by atoms with E-state index in [1.54, 1.807) is 38.1 Å². The van der Waals surface area contributed by atoms with Gasteiger partial charge in [-0.1, -0.05) is 88.3 Å². The third kappa shape index (κ3) is 4.41. The Morgan fingerprint density at radius 2 is 1.38 bits per heavy atom. The average Bonchev–Trinajstić information content (AvgIpc) is 3.00. The fourth-order valence-corrected chi connectivity index (χ4v) is 4.51. The van der Waals surface area contributed by atoms with Gasteiger partial charge in [0, 0.05) is 10.0 Å². The molecule has 1 aliphatic rings. The number of hydrogen-bond donors (Lipinski definition) is 0. The zero-order valence-electron chi connectivity index (χ0n) is 16.5. The molecular formula is C21H14BrCl4NO5. The summed E-state index contributed by atoms with van der Waals surface area (Å²) in [5.74, 6) is -3.63. The minimum atomic E-state index is -1.33. The first kappa shape index (κ1) is 25.0. The number of ether oxygens (including phenoxy) is 1. The Labute approximate surface area is 211 Å². The van der Waals surface area contributed by atoms with Gasteiger partial charge >= 0.3 is 5.97 Å². The molecule has 0 N–H and O–H groups in total. The molecule has 1 aliphatic heterocycles. The molecule has 0 radical (unpaired) electrons. The molecule has 3 rings (SSSR count). The lowest BCUT2D eigenvalue weighted by molar-refractivity contribution is -0.148. The van der Waals surface area contributed by atoms with Crippen molar-refractivity contribution in [3.05, 3.63) is 65.5 Å². The summed E-state index contributed by atoms with van der Waals surface area (Å²) in [5, 5.41) is -0.830. The molecule has 0 spiro atoms. The number of rotatable bonds is 6. The summed E-state index contributed by atoms with van der Waals surface area (Å²) in [4.78, 5) is 52.1. The normalized spacial score (nSPS) is 14.1. The highest BCUT2D eigenvalue weighted by atomic mass is 79.9. The lowest BCUT2D eigenvalue weighted by Gasteiger charge is -2.27. The van der Waals surface area contributed by atoms with Crippen molar-refractivity contribution in [1.29, 1.82) is 0 Å². The topological polar surface area (TPSA) is 80.8 Å². The van der Waals surface area contributed by atoms with E-state index < -0.39 is 42.1 Å². The van der Waals surface area contributed by atoms with E-state index in [9.17, 15) is 19.2 Å². The smallest absolute Gasteiger partial charge is 0.330 e. The highest BCUT2D eigenvalue weighted by molar-refractivity contribution is 9.10. The number of ketones is 1. The molecule has 32 heavy (non-hydrogen) atoms. The van der Waals surface area contributed by atoms with Crippen LogP contribution >= 0.6 is 62.3 Å². The number of halogens is 5. The summed E-state index contributed by atoms with van der Waals surface area (Å²) in [6.45, 7) is 2.68. The number of amides is 2. The van der Waals surface area contributed by atoms with Crippen molar-refractivity contribution < 1.29 is 23.9 Å². The Hall–Kier alpha value is -1.64. The molecule has 6 nitrogen and oxygen atoms in total. The summed E-state index contributed by atoms with van der Waals surface area (Å²) in [6.07, 6.45) is 0. The number of Topliss-reactive ketones (excluding diaryl/α,β-unsaturated/α-hetero) is 1. The van der Waals surface area contributed by atoms with Crippen LogP contribution in [0.4, 0.5) is 0 Å². The van der Waals surface area contributed by atoms with Crippen LogP contribution in [0, 0.1) is 5.92 Å². The number of fused-ring (bicyclic) bond motifs is 1. The fraction of sp³-hybridized carbons (Fsp3) is 0.238. The van der Waals surface area contributed by atoms with E-state index in [0.717, 1.165) is 4.47 Å². The second kappa shape index (κ2) is 9.69. The van der Waals surface area contributed by atoms with Crippen molar-refractivity contribution in [3.8, 4) is 0 Å². The van der Waals surface area contributed by atoms with Crippen molar-refractivity contribution in [2.24, 2.45) is 5.92 Å². The molecule has 0 fully saturated rings. The third-order valence-corrected chi connectivity index (χ3v) is 7.13. The highest BCUT2D eigenvalue weighted by Crippen LogP contribution is 2.45. The highest BCUT2D eigenvalue weighted by Gasteiger charge is 2.48. The number of esters is 1. The lowest BCUT2D eigenvalue weighted by Crippen LogP contribution is -2.49. The van der Waals surface area contributed by atoms with Gasteiger partial charge in [0.25, 0.3) is 11.8 Å². The van der Waals surface area contributed by atoms with Crippen LogP contribution < -0.4 is 0 Å². The maximum absolute atomic E-state index is 13.1. The molecular weight excluding hydrogens is 568 g/mol. The quantitative estimate of drug-likeness (QED) is 0.135. The summed E-state index contributed by atoms with van der Waals surface area (Å²) in [5.41, 5.74) is -0.133. The maximum atomic E-state index is 13.1. The molecule has 0 saturated heterocycles. The molecule has 168 valence electrons. The van der Waals surface area contributed by atoms with E-state index in [-0.39, 0.29) is 31.2 Å². The lowest BCUT2D eigenvalue weighted by atomic mass is 10.0. The maximum Gasteiger partial charge on any atom is 0.330 e. The fourth-order valence-electron chi connectivity index (χ4n) is 3.24. The van der Waals surface area contributed by atoms with E-state index >= 15 is 0 Å². The predicted molar refractivity (Wildman–Crippen MR) is 125 cm³/mol. The molecule has 0 unspecified atom stereocenters.